The van der Waals surface area contributed by atoms with Crippen LogP contribution in [0.4, 0.5) is 0 Å². The number of aryl methyl sites for hydroxylation is 1. The minimum Gasteiger partial charge on any atom is -0.463 e. The van der Waals surface area contributed by atoms with E-state index in [1.54, 1.807) is 13.0 Å². The molecule has 3 rings (SSSR count). The number of carbonyl (C=O) groups excluding carboxylic acids is 1. The first-order valence-corrected chi connectivity index (χ1v) is 10.5. The minimum absolute atomic E-state index is 0. The van der Waals surface area contributed by atoms with Crippen molar-refractivity contribution < 1.29 is 14.3 Å². The van der Waals surface area contributed by atoms with E-state index in [9.17, 15) is 9.90 Å². The number of aliphatic imine (C=N–C) groups is 1. The zero-order valence-electron chi connectivity index (χ0n) is 18.5. The summed E-state index contributed by atoms with van der Waals surface area (Å²) < 4.78 is 5.58. The maximum atomic E-state index is 12.0. The molecular weight excluding hydrogens is 507 g/mol. The number of likely N-dealkylation sites (tertiary alicyclic amines) is 1. The van der Waals surface area contributed by atoms with Crippen molar-refractivity contribution in [2.45, 2.75) is 52.3 Å². The predicted octanol–water partition coefficient (Wildman–Crippen LogP) is 3.29. The fourth-order valence-corrected chi connectivity index (χ4v) is 3.52. The van der Waals surface area contributed by atoms with Crippen LogP contribution in [0.1, 0.15) is 49.3 Å². The van der Waals surface area contributed by atoms with Crippen molar-refractivity contribution in [1.29, 1.82) is 0 Å². The molecule has 1 atom stereocenters. The number of benzene rings is 1. The fraction of sp³-hybridized carbons (Fsp3) is 0.478. The Morgan fingerprint density at radius 3 is 2.58 bits per heavy atom. The molecule has 1 saturated heterocycles. The predicted molar refractivity (Wildman–Crippen MR) is 132 cm³/mol. The summed E-state index contributed by atoms with van der Waals surface area (Å²) in [5.74, 6) is 2.12. The number of guanidine groups is 1. The normalized spacial score (nSPS) is 16.1. The highest BCUT2D eigenvalue weighted by molar-refractivity contribution is 14.0. The van der Waals surface area contributed by atoms with E-state index < -0.39 is 5.60 Å². The summed E-state index contributed by atoms with van der Waals surface area (Å²) in [5, 5.41) is 17.2. The first-order valence-electron chi connectivity index (χ1n) is 10.5. The summed E-state index contributed by atoms with van der Waals surface area (Å²) in [6, 6.07) is 11.7. The van der Waals surface area contributed by atoms with Crippen molar-refractivity contribution >= 4 is 35.8 Å². The topological polar surface area (TPSA) is 90.1 Å². The largest absolute Gasteiger partial charge is 0.463 e. The molecule has 1 aliphatic heterocycles. The SMILES string of the molecule is CCNC(=NCc1ccccc1CN1CCCC1=O)NCC(C)(O)c1ccc(C)o1.I. The van der Waals surface area contributed by atoms with Gasteiger partial charge in [0.2, 0.25) is 5.91 Å². The van der Waals surface area contributed by atoms with Crippen LogP contribution in [0.15, 0.2) is 45.8 Å². The zero-order chi connectivity index (χ0) is 21.6. The molecular formula is C23H33IN4O3. The van der Waals surface area contributed by atoms with Crippen LogP contribution >= 0.6 is 24.0 Å². The first-order chi connectivity index (χ1) is 14.4. The second-order valence-electron chi connectivity index (χ2n) is 7.92. The van der Waals surface area contributed by atoms with E-state index in [-0.39, 0.29) is 36.4 Å². The maximum absolute atomic E-state index is 12.0. The quantitative estimate of drug-likeness (QED) is 0.272. The van der Waals surface area contributed by atoms with Gasteiger partial charge in [0.15, 0.2) is 5.96 Å². The Morgan fingerprint density at radius 2 is 1.97 bits per heavy atom. The Balaban J connectivity index is 0.00000341. The molecule has 3 N–H and O–H groups in total. The Morgan fingerprint density at radius 1 is 1.23 bits per heavy atom. The van der Waals surface area contributed by atoms with Gasteiger partial charge >= 0.3 is 0 Å². The molecule has 170 valence electrons. The lowest BCUT2D eigenvalue weighted by Crippen LogP contribution is -2.44. The lowest BCUT2D eigenvalue weighted by Gasteiger charge is -2.23. The summed E-state index contributed by atoms with van der Waals surface area (Å²) in [6.45, 7) is 8.46. The first kappa shape index (κ1) is 25.2. The molecule has 2 heterocycles. The Hall–Kier alpha value is -2.07. The third kappa shape index (κ3) is 6.96. The maximum Gasteiger partial charge on any atom is 0.222 e. The number of halogens is 1. The molecule has 1 unspecified atom stereocenters. The molecule has 0 aliphatic carbocycles. The van der Waals surface area contributed by atoms with Crippen molar-refractivity contribution in [3.05, 3.63) is 59.0 Å². The van der Waals surface area contributed by atoms with Crippen LogP contribution in [0.2, 0.25) is 0 Å². The molecule has 0 spiro atoms. The molecule has 7 nitrogen and oxygen atoms in total. The molecule has 0 saturated carbocycles. The lowest BCUT2D eigenvalue weighted by molar-refractivity contribution is -0.128. The molecule has 1 fully saturated rings. The molecule has 1 amide bonds. The molecule has 8 heteroatoms. The number of aliphatic hydroxyl groups is 1. The van der Waals surface area contributed by atoms with E-state index in [4.69, 9.17) is 4.42 Å². The van der Waals surface area contributed by atoms with Crippen LogP contribution in [0.5, 0.6) is 0 Å². The Bertz CT molecular complexity index is 894. The summed E-state index contributed by atoms with van der Waals surface area (Å²) >= 11 is 0. The van der Waals surface area contributed by atoms with E-state index in [1.165, 1.54) is 0 Å². The van der Waals surface area contributed by atoms with Crippen molar-refractivity contribution in [3.8, 4) is 0 Å². The van der Waals surface area contributed by atoms with E-state index in [0.717, 1.165) is 29.9 Å². The van der Waals surface area contributed by atoms with Crippen molar-refractivity contribution in [2.24, 2.45) is 4.99 Å². The number of rotatable bonds is 8. The lowest BCUT2D eigenvalue weighted by atomic mass is 10.0. The zero-order valence-corrected chi connectivity index (χ0v) is 20.8. The number of carbonyl (C=O) groups is 1. The van der Waals surface area contributed by atoms with Gasteiger partial charge in [-0.25, -0.2) is 4.99 Å². The van der Waals surface area contributed by atoms with Gasteiger partial charge in [-0.2, -0.15) is 0 Å². The average molecular weight is 540 g/mol. The summed E-state index contributed by atoms with van der Waals surface area (Å²) in [7, 11) is 0. The third-order valence-electron chi connectivity index (χ3n) is 5.27. The number of amides is 1. The Labute approximate surface area is 201 Å². The molecule has 1 aromatic heterocycles. The highest BCUT2D eigenvalue weighted by Crippen LogP contribution is 2.22. The van der Waals surface area contributed by atoms with Crippen molar-refractivity contribution in [3.63, 3.8) is 0 Å². The van der Waals surface area contributed by atoms with Gasteiger partial charge < -0.3 is 25.1 Å². The van der Waals surface area contributed by atoms with Gasteiger partial charge in [-0.15, -0.1) is 24.0 Å². The molecule has 2 aromatic rings. The van der Waals surface area contributed by atoms with E-state index in [0.29, 0.717) is 37.8 Å². The standard InChI is InChI=1S/C23H32N4O3.HI/c1-4-24-22(26-16-23(3,29)20-12-11-17(2)30-20)25-14-18-8-5-6-9-19(18)15-27-13-7-10-21(27)28;/h5-6,8-9,11-12,29H,4,7,10,13-16H2,1-3H3,(H2,24,25,26);1H. The van der Waals surface area contributed by atoms with Gasteiger partial charge in [0, 0.05) is 26.1 Å². The van der Waals surface area contributed by atoms with Crippen LogP contribution in [0, 0.1) is 6.92 Å². The van der Waals surface area contributed by atoms with E-state index in [1.807, 2.05) is 43.0 Å². The molecule has 0 bridgehead atoms. The third-order valence-corrected chi connectivity index (χ3v) is 5.27. The number of nitrogens with one attached hydrogen (secondary N) is 2. The average Bonchev–Trinajstić information content (AvgIpc) is 3.34. The Kier molecular flexibility index (Phi) is 9.36. The van der Waals surface area contributed by atoms with Crippen LogP contribution in [0.25, 0.3) is 0 Å². The number of furan rings is 1. The van der Waals surface area contributed by atoms with Gasteiger partial charge in [-0.3, -0.25) is 4.79 Å². The van der Waals surface area contributed by atoms with Gasteiger partial charge in [-0.05, 0) is 50.5 Å². The number of hydrogen-bond acceptors (Lipinski definition) is 4. The summed E-state index contributed by atoms with van der Waals surface area (Å²) in [4.78, 5) is 18.6. The van der Waals surface area contributed by atoms with Crippen molar-refractivity contribution in [1.82, 2.24) is 15.5 Å². The van der Waals surface area contributed by atoms with Gasteiger partial charge in [0.25, 0.3) is 0 Å². The fourth-order valence-electron chi connectivity index (χ4n) is 3.52. The number of hydrogen-bond donors (Lipinski definition) is 3. The second-order valence-corrected chi connectivity index (χ2v) is 7.92. The van der Waals surface area contributed by atoms with Crippen LogP contribution < -0.4 is 10.6 Å². The van der Waals surface area contributed by atoms with Crippen molar-refractivity contribution in [2.75, 3.05) is 19.6 Å². The van der Waals surface area contributed by atoms with E-state index in [2.05, 4.69) is 21.7 Å². The highest BCUT2D eigenvalue weighted by atomic mass is 127. The van der Waals surface area contributed by atoms with Gasteiger partial charge in [0.05, 0.1) is 13.1 Å². The van der Waals surface area contributed by atoms with E-state index >= 15 is 0 Å². The summed E-state index contributed by atoms with van der Waals surface area (Å²) in [5.41, 5.74) is 1.05. The molecule has 1 aromatic carbocycles. The van der Waals surface area contributed by atoms with Crippen LogP contribution in [-0.4, -0.2) is 41.5 Å². The number of nitrogens with zero attached hydrogens (tertiary/aromatic N) is 2. The smallest absolute Gasteiger partial charge is 0.222 e. The molecule has 31 heavy (non-hydrogen) atoms. The molecule has 0 radical (unpaired) electrons. The summed E-state index contributed by atoms with van der Waals surface area (Å²) in [6.07, 6.45) is 1.58. The van der Waals surface area contributed by atoms with Gasteiger partial charge in [-0.1, -0.05) is 24.3 Å². The highest BCUT2D eigenvalue weighted by Gasteiger charge is 2.27. The van der Waals surface area contributed by atoms with Crippen LogP contribution in [0.3, 0.4) is 0 Å². The molecule has 1 aliphatic rings. The second kappa shape index (κ2) is 11.5. The monoisotopic (exact) mass is 540 g/mol. The van der Waals surface area contributed by atoms with Gasteiger partial charge in [0.1, 0.15) is 17.1 Å². The minimum atomic E-state index is -1.15. The van der Waals surface area contributed by atoms with Crippen LogP contribution in [-0.2, 0) is 23.5 Å².